The summed E-state index contributed by atoms with van der Waals surface area (Å²) in [5, 5.41) is 2.85. The molecule has 5 heteroatoms. The van der Waals surface area contributed by atoms with Crippen LogP contribution in [0.2, 0.25) is 0 Å². The Morgan fingerprint density at radius 1 is 1.30 bits per heavy atom. The number of rotatable bonds is 2. The van der Waals surface area contributed by atoms with Gasteiger partial charge in [0.2, 0.25) is 0 Å². The molecule has 2 aromatic rings. The molecule has 0 fully saturated rings. The molecule has 0 radical (unpaired) electrons. The lowest BCUT2D eigenvalue weighted by Crippen LogP contribution is -2.32. The Morgan fingerprint density at radius 2 is 2.10 bits per heavy atom. The molecular weight excluding hydrogens is 340 g/mol. The van der Waals surface area contributed by atoms with E-state index in [9.17, 15) is 4.79 Å². The van der Waals surface area contributed by atoms with Crippen LogP contribution in [0.4, 0.5) is 0 Å². The van der Waals surface area contributed by atoms with Gasteiger partial charge in [-0.1, -0.05) is 24.3 Å². The van der Waals surface area contributed by atoms with Crippen LogP contribution in [-0.4, -0.2) is 16.3 Å². The van der Waals surface area contributed by atoms with Gasteiger partial charge in [0.05, 0.1) is 11.4 Å². The predicted molar refractivity (Wildman–Crippen MR) is 81.9 cm³/mol. The molecule has 1 amide bonds. The molecule has 1 aromatic carbocycles. The lowest BCUT2D eigenvalue weighted by atomic mass is 10.1. The van der Waals surface area contributed by atoms with Crippen molar-refractivity contribution in [1.82, 2.24) is 10.3 Å². The zero-order chi connectivity index (χ0) is 14.1. The molecule has 3 nitrogen and oxygen atoms in total. The molecule has 1 heterocycles. The minimum atomic E-state index is -0.204. The highest BCUT2D eigenvalue weighted by atomic mass is 79.9. The van der Waals surface area contributed by atoms with Gasteiger partial charge in [0.15, 0.2) is 0 Å². The molecule has 0 spiro atoms. The third kappa shape index (κ3) is 2.58. The topological polar surface area (TPSA) is 42.0 Å². The van der Waals surface area contributed by atoms with Crippen LogP contribution < -0.4 is 5.32 Å². The first-order chi connectivity index (χ1) is 9.65. The average Bonchev–Trinajstić information content (AvgIpc) is 2.76. The van der Waals surface area contributed by atoms with Crippen molar-refractivity contribution in [2.75, 3.05) is 0 Å². The summed E-state index contributed by atoms with van der Waals surface area (Å²) in [6, 6.07) is 11.3. The number of benzene rings is 1. The summed E-state index contributed by atoms with van der Waals surface area (Å²) < 4.78 is 0.843. The van der Waals surface area contributed by atoms with E-state index in [1.54, 1.807) is 18.3 Å². The number of amides is 1. The number of hydrogen-bond donors (Lipinski definition) is 1. The maximum atomic E-state index is 12.2. The highest BCUT2D eigenvalue weighted by molar-refractivity contribution is 9.10. The van der Waals surface area contributed by atoms with Crippen molar-refractivity contribution in [3.8, 4) is 0 Å². The van der Waals surface area contributed by atoms with E-state index in [0.717, 1.165) is 16.5 Å². The summed E-state index contributed by atoms with van der Waals surface area (Å²) in [7, 11) is 0. The summed E-state index contributed by atoms with van der Waals surface area (Å²) in [6.45, 7) is 0. The molecule has 20 heavy (non-hydrogen) atoms. The van der Waals surface area contributed by atoms with Gasteiger partial charge in [0.25, 0.3) is 5.91 Å². The Kier molecular flexibility index (Phi) is 3.76. The fraction of sp³-hybridized carbons (Fsp3) is 0.200. The van der Waals surface area contributed by atoms with Crippen LogP contribution in [0.15, 0.2) is 47.1 Å². The number of aromatic nitrogens is 1. The van der Waals surface area contributed by atoms with E-state index in [0.29, 0.717) is 5.69 Å². The van der Waals surface area contributed by atoms with E-state index in [1.165, 1.54) is 5.56 Å². The lowest BCUT2D eigenvalue weighted by Gasteiger charge is -2.17. The Labute approximate surface area is 130 Å². The molecule has 0 bridgehead atoms. The first-order valence-electron chi connectivity index (χ1n) is 6.29. The smallest absolute Gasteiger partial charge is 0.270 e. The molecule has 1 aliphatic rings. The number of alkyl halides is 1. The summed E-state index contributed by atoms with van der Waals surface area (Å²) in [6.07, 6.45) is 2.38. The van der Waals surface area contributed by atoms with Crippen LogP contribution in [0.1, 0.15) is 27.7 Å². The quantitative estimate of drug-likeness (QED) is 0.842. The van der Waals surface area contributed by atoms with Crippen LogP contribution in [0, 0.1) is 0 Å². The van der Waals surface area contributed by atoms with Gasteiger partial charge < -0.3 is 5.32 Å². The fourth-order valence-electron chi connectivity index (χ4n) is 2.44. The van der Waals surface area contributed by atoms with Gasteiger partial charge in [-0.05, 0) is 45.6 Å². The Hall–Kier alpha value is -1.39. The van der Waals surface area contributed by atoms with Crippen molar-refractivity contribution in [2.45, 2.75) is 17.8 Å². The molecule has 102 valence electrons. The number of pyridine rings is 1. The SMILES string of the molecule is O=C(NC1c2ccccc2CC1Cl)c1ccc(Br)cn1. The molecule has 1 N–H and O–H groups in total. The third-order valence-corrected chi connectivity index (χ3v) is 4.29. The molecule has 0 saturated heterocycles. The van der Waals surface area contributed by atoms with Gasteiger partial charge in [0, 0.05) is 10.7 Å². The van der Waals surface area contributed by atoms with Crippen LogP contribution in [0.25, 0.3) is 0 Å². The number of fused-ring (bicyclic) bond motifs is 1. The second-order valence-electron chi connectivity index (χ2n) is 4.73. The summed E-state index contributed by atoms with van der Waals surface area (Å²) in [4.78, 5) is 16.3. The number of carbonyl (C=O) groups is 1. The van der Waals surface area contributed by atoms with Gasteiger partial charge in [-0.2, -0.15) is 0 Å². The lowest BCUT2D eigenvalue weighted by molar-refractivity contribution is 0.0932. The van der Waals surface area contributed by atoms with Crippen molar-refractivity contribution >= 4 is 33.4 Å². The van der Waals surface area contributed by atoms with Gasteiger partial charge in [-0.25, -0.2) is 4.98 Å². The largest absolute Gasteiger partial charge is 0.342 e. The maximum Gasteiger partial charge on any atom is 0.270 e. The van der Waals surface area contributed by atoms with Crippen molar-refractivity contribution in [1.29, 1.82) is 0 Å². The van der Waals surface area contributed by atoms with Crippen LogP contribution >= 0.6 is 27.5 Å². The van der Waals surface area contributed by atoms with E-state index in [1.807, 2.05) is 18.2 Å². The molecule has 2 unspecified atom stereocenters. The average molecular weight is 352 g/mol. The number of hydrogen-bond acceptors (Lipinski definition) is 2. The molecule has 2 atom stereocenters. The van der Waals surface area contributed by atoms with Crippen LogP contribution in [0.3, 0.4) is 0 Å². The first kappa shape index (κ1) is 13.6. The highest BCUT2D eigenvalue weighted by Crippen LogP contribution is 2.34. The summed E-state index contributed by atoms with van der Waals surface area (Å²) in [5.41, 5.74) is 2.68. The zero-order valence-electron chi connectivity index (χ0n) is 10.5. The Morgan fingerprint density at radius 3 is 2.85 bits per heavy atom. The molecule has 0 aliphatic heterocycles. The molecular formula is C15H12BrClN2O. The van der Waals surface area contributed by atoms with Gasteiger partial charge in [-0.3, -0.25) is 4.79 Å². The Bertz CT molecular complexity index is 645. The second-order valence-corrected chi connectivity index (χ2v) is 6.21. The minimum absolute atomic E-state index is 0.119. The monoisotopic (exact) mass is 350 g/mol. The maximum absolute atomic E-state index is 12.2. The predicted octanol–water partition coefficient (Wildman–Crippen LogP) is 3.48. The van der Waals surface area contributed by atoms with E-state index in [-0.39, 0.29) is 17.3 Å². The van der Waals surface area contributed by atoms with Crippen molar-refractivity contribution in [2.24, 2.45) is 0 Å². The Balaban J connectivity index is 1.81. The molecule has 3 rings (SSSR count). The second kappa shape index (κ2) is 5.54. The van der Waals surface area contributed by atoms with Gasteiger partial charge >= 0.3 is 0 Å². The van der Waals surface area contributed by atoms with Crippen LogP contribution in [0.5, 0.6) is 0 Å². The number of nitrogens with one attached hydrogen (secondary N) is 1. The van der Waals surface area contributed by atoms with Gasteiger partial charge in [0.1, 0.15) is 5.69 Å². The minimum Gasteiger partial charge on any atom is -0.342 e. The van der Waals surface area contributed by atoms with Crippen molar-refractivity contribution in [3.05, 3.63) is 63.9 Å². The number of carbonyl (C=O) groups excluding carboxylic acids is 1. The van der Waals surface area contributed by atoms with Crippen LogP contribution in [-0.2, 0) is 6.42 Å². The van der Waals surface area contributed by atoms with E-state index in [4.69, 9.17) is 11.6 Å². The molecule has 1 aliphatic carbocycles. The van der Waals surface area contributed by atoms with E-state index < -0.39 is 0 Å². The van der Waals surface area contributed by atoms with E-state index in [2.05, 4.69) is 32.3 Å². The zero-order valence-corrected chi connectivity index (χ0v) is 12.9. The summed E-state index contributed by atoms with van der Waals surface area (Å²) in [5.74, 6) is -0.204. The van der Waals surface area contributed by atoms with Crippen molar-refractivity contribution < 1.29 is 4.79 Å². The highest BCUT2D eigenvalue weighted by Gasteiger charge is 2.32. The summed E-state index contributed by atoms with van der Waals surface area (Å²) >= 11 is 9.66. The van der Waals surface area contributed by atoms with E-state index >= 15 is 0 Å². The number of nitrogens with zero attached hydrogens (tertiary/aromatic N) is 1. The normalized spacial score (nSPS) is 20.5. The third-order valence-electron chi connectivity index (χ3n) is 3.41. The standard InChI is InChI=1S/C15H12BrClN2O/c16-10-5-6-13(18-8-10)15(20)19-14-11-4-2-1-3-9(11)7-12(14)17/h1-6,8,12,14H,7H2,(H,19,20). The molecule has 1 aromatic heterocycles. The molecule has 0 saturated carbocycles. The first-order valence-corrected chi connectivity index (χ1v) is 7.52. The number of halogens is 2. The van der Waals surface area contributed by atoms with Gasteiger partial charge in [-0.15, -0.1) is 11.6 Å². The van der Waals surface area contributed by atoms with Crippen molar-refractivity contribution in [3.63, 3.8) is 0 Å². The fourth-order valence-corrected chi connectivity index (χ4v) is 3.04.